The normalized spacial score (nSPS) is 27.1. The van der Waals surface area contributed by atoms with E-state index in [1.165, 1.54) is 0 Å². The number of amides is 1. The Morgan fingerprint density at radius 1 is 1.29 bits per heavy atom. The number of H-pyrrole nitrogens is 1. The van der Waals surface area contributed by atoms with Crippen molar-refractivity contribution in [3.63, 3.8) is 0 Å². The van der Waals surface area contributed by atoms with E-state index in [4.69, 9.17) is 36.3 Å². The van der Waals surface area contributed by atoms with Gasteiger partial charge < -0.3 is 40.1 Å². The number of hydrogen-bond donors (Lipinski definition) is 4. The summed E-state index contributed by atoms with van der Waals surface area (Å²) in [7, 11) is 0. The van der Waals surface area contributed by atoms with Crippen LogP contribution in [0.1, 0.15) is 23.7 Å². The first kappa shape index (κ1) is 22.3. The molecule has 0 bridgehead atoms. The van der Waals surface area contributed by atoms with Crippen molar-refractivity contribution >= 4 is 34.5 Å². The van der Waals surface area contributed by atoms with E-state index in [1.807, 2.05) is 6.07 Å². The molecule has 0 aromatic carbocycles. The van der Waals surface area contributed by atoms with Crippen molar-refractivity contribution in [1.29, 1.82) is 0 Å². The molecular formula is C22H23ClN6O6. The predicted molar refractivity (Wildman–Crippen MR) is 122 cm³/mol. The quantitative estimate of drug-likeness (QED) is 0.364. The lowest BCUT2D eigenvalue weighted by Crippen LogP contribution is -2.34. The molecule has 3 aliphatic rings. The number of pyridine rings is 2. The molecule has 35 heavy (non-hydrogen) atoms. The molecule has 5 atom stereocenters. The molecule has 0 radical (unpaired) electrons. The minimum Gasteiger partial charge on any atom is -0.482 e. The molecule has 12 nitrogen and oxygen atoms in total. The largest absolute Gasteiger partial charge is 0.482 e. The molecule has 5 heterocycles. The Morgan fingerprint density at radius 2 is 2.14 bits per heavy atom. The zero-order chi connectivity index (χ0) is 24.1. The van der Waals surface area contributed by atoms with Crippen LogP contribution in [0.15, 0.2) is 18.3 Å². The predicted octanol–water partition coefficient (Wildman–Crippen LogP) is 0.876. The molecule has 1 aliphatic carbocycles. The number of aryl methyl sites for hydroxylation is 1. The number of nitrogens with one attached hydrogen (secondary N) is 2. The van der Waals surface area contributed by atoms with Crippen LogP contribution in [0.4, 0.5) is 5.82 Å². The van der Waals surface area contributed by atoms with Gasteiger partial charge in [-0.1, -0.05) is 11.6 Å². The number of halogens is 1. The standard InChI is InChI=1S/C22H23ClN6O6/c23-11-4-13-21(29-22(27-13)35-15-7-34-18-14(30)6-33-19(15)18)28-20(11)26-12-2-1-9-3-10(5-25-17(9)12)32-8-16(24)31/h3-5,12,14-15,18-19,30H,1-2,6-8H2,(H2,24,31)(H2,26,27,28,29)/t12?,14-,15-,18-,19-/m1/s1. The van der Waals surface area contributed by atoms with E-state index in [0.29, 0.717) is 34.4 Å². The number of imidazole rings is 1. The molecule has 6 rings (SSSR count). The third-order valence-electron chi connectivity index (χ3n) is 6.35. The van der Waals surface area contributed by atoms with E-state index in [0.717, 1.165) is 24.1 Å². The van der Waals surface area contributed by atoms with Crippen LogP contribution in [0.25, 0.3) is 11.2 Å². The summed E-state index contributed by atoms with van der Waals surface area (Å²) < 4.78 is 22.5. The fourth-order valence-electron chi connectivity index (χ4n) is 4.73. The molecule has 3 aromatic heterocycles. The first-order valence-corrected chi connectivity index (χ1v) is 11.6. The van der Waals surface area contributed by atoms with Crippen LogP contribution in [0.2, 0.25) is 5.02 Å². The molecule has 2 aliphatic heterocycles. The van der Waals surface area contributed by atoms with Gasteiger partial charge in [0.05, 0.1) is 41.7 Å². The fourth-order valence-corrected chi connectivity index (χ4v) is 4.94. The van der Waals surface area contributed by atoms with Crippen LogP contribution >= 0.6 is 11.6 Å². The molecule has 184 valence electrons. The second-order valence-electron chi connectivity index (χ2n) is 8.76. The summed E-state index contributed by atoms with van der Waals surface area (Å²) in [6, 6.07) is 3.79. The third-order valence-corrected chi connectivity index (χ3v) is 6.64. The third kappa shape index (κ3) is 4.22. The van der Waals surface area contributed by atoms with Crippen molar-refractivity contribution in [1.82, 2.24) is 19.9 Å². The topological polar surface area (TPSA) is 167 Å². The van der Waals surface area contributed by atoms with Crippen LogP contribution < -0.4 is 20.5 Å². The van der Waals surface area contributed by atoms with E-state index in [1.54, 1.807) is 12.3 Å². The average Bonchev–Trinajstić information content (AvgIpc) is 3.59. The van der Waals surface area contributed by atoms with Gasteiger partial charge in [-0.2, -0.15) is 4.98 Å². The molecule has 1 unspecified atom stereocenters. The van der Waals surface area contributed by atoms with Gasteiger partial charge in [0.15, 0.2) is 18.4 Å². The first-order valence-electron chi connectivity index (χ1n) is 11.3. The zero-order valence-electron chi connectivity index (χ0n) is 18.4. The monoisotopic (exact) mass is 502 g/mol. The van der Waals surface area contributed by atoms with Crippen LogP contribution in [-0.4, -0.2) is 75.2 Å². The summed E-state index contributed by atoms with van der Waals surface area (Å²) in [5.41, 5.74) is 8.09. The number of aliphatic hydroxyl groups excluding tert-OH is 1. The summed E-state index contributed by atoms with van der Waals surface area (Å²) in [4.78, 5) is 27.5. The minimum absolute atomic E-state index is 0.0918. The van der Waals surface area contributed by atoms with Gasteiger partial charge in [0.25, 0.3) is 11.9 Å². The van der Waals surface area contributed by atoms with E-state index < -0.39 is 12.0 Å². The number of nitrogens with zero attached hydrogens (tertiary/aromatic N) is 3. The highest BCUT2D eigenvalue weighted by atomic mass is 35.5. The molecular weight excluding hydrogens is 480 g/mol. The van der Waals surface area contributed by atoms with E-state index in [9.17, 15) is 9.90 Å². The van der Waals surface area contributed by atoms with Gasteiger partial charge in [0.2, 0.25) is 0 Å². The maximum atomic E-state index is 10.9. The van der Waals surface area contributed by atoms with Gasteiger partial charge in [0, 0.05) is 0 Å². The number of carbonyl (C=O) groups excluding carboxylic acids is 1. The van der Waals surface area contributed by atoms with Crippen molar-refractivity contribution in [3.8, 4) is 11.8 Å². The Labute approximate surface area is 204 Å². The maximum Gasteiger partial charge on any atom is 0.296 e. The van der Waals surface area contributed by atoms with Crippen LogP contribution in [0, 0.1) is 0 Å². The zero-order valence-corrected chi connectivity index (χ0v) is 19.2. The number of aliphatic hydroxyl groups is 1. The molecule has 2 saturated heterocycles. The Hall–Kier alpha value is -3.19. The number of hydrogen-bond acceptors (Lipinski definition) is 10. The first-order chi connectivity index (χ1) is 16.9. The van der Waals surface area contributed by atoms with Crippen molar-refractivity contribution in [2.24, 2.45) is 5.73 Å². The lowest BCUT2D eigenvalue weighted by Gasteiger charge is -2.15. The number of aromatic amines is 1. The second-order valence-corrected chi connectivity index (χ2v) is 9.16. The lowest BCUT2D eigenvalue weighted by molar-refractivity contribution is -0.119. The summed E-state index contributed by atoms with van der Waals surface area (Å²) in [6.45, 7) is 0.331. The van der Waals surface area contributed by atoms with Crippen molar-refractivity contribution < 1.29 is 28.8 Å². The molecule has 13 heteroatoms. The highest BCUT2D eigenvalue weighted by molar-refractivity contribution is 6.33. The number of anilines is 1. The molecule has 0 spiro atoms. The van der Waals surface area contributed by atoms with E-state index >= 15 is 0 Å². The van der Waals surface area contributed by atoms with Crippen molar-refractivity contribution in [2.45, 2.75) is 43.3 Å². The van der Waals surface area contributed by atoms with Crippen LogP contribution in [-0.2, 0) is 20.7 Å². The van der Waals surface area contributed by atoms with Crippen LogP contribution in [0.5, 0.6) is 11.8 Å². The fraction of sp³-hybridized carbons (Fsp3) is 0.455. The number of primary amides is 1. The van der Waals surface area contributed by atoms with Gasteiger partial charge >= 0.3 is 0 Å². The maximum absolute atomic E-state index is 10.9. The number of fused-ring (bicyclic) bond motifs is 3. The molecule has 5 N–H and O–H groups in total. The SMILES string of the molecule is NC(=O)COc1cnc2c(c1)CCC2Nc1nc2nc(O[C@@H]3CO[C@H]4[C@@H]3OC[C@H]4O)[nH]c2cc1Cl. The summed E-state index contributed by atoms with van der Waals surface area (Å²) >= 11 is 6.51. The minimum atomic E-state index is -0.650. The number of ether oxygens (including phenoxy) is 4. The number of aromatic nitrogens is 4. The second kappa shape index (κ2) is 8.79. The lowest BCUT2D eigenvalue weighted by atomic mass is 10.1. The van der Waals surface area contributed by atoms with Gasteiger partial charge in [-0.25, -0.2) is 4.98 Å². The number of carbonyl (C=O) groups is 1. The summed E-state index contributed by atoms with van der Waals surface area (Å²) in [6.07, 6.45) is 1.39. The Bertz CT molecular complexity index is 1290. The molecule has 0 saturated carbocycles. The number of rotatable bonds is 7. The Morgan fingerprint density at radius 3 is 3.00 bits per heavy atom. The molecule has 2 fully saturated rings. The van der Waals surface area contributed by atoms with E-state index in [2.05, 4.69) is 25.3 Å². The van der Waals surface area contributed by atoms with E-state index in [-0.39, 0.29) is 43.6 Å². The molecule has 3 aromatic rings. The van der Waals surface area contributed by atoms with Gasteiger partial charge in [-0.05, 0) is 30.5 Å². The highest BCUT2D eigenvalue weighted by Gasteiger charge is 2.48. The number of nitrogens with two attached hydrogens (primary N) is 1. The average molecular weight is 503 g/mol. The van der Waals surface area contributed by atoms with Gasteiger partial charge in [-0.15, -0.1) is 0 Å². The molecule has 1 amide bonds. The van der Waals surface area contributed by atoms with Gasteiger partial charge in [0.1, 0.15) is 29.9 Å². The van der Waals surface area contributed by atoms with Crippen molar-refractivity contribution in [3.05, 3.63) is 34.6 Å². The smallest absolute Gasteiger partial charge is 0.296 e. The Balaban J connectivity index is 1.17. The highest BCUT2D eigenvalue weighted by Crippen LogP contribution is 2.36. The Kier molecular flexibility index (Phi) is 5.60. The summed E-state index contributed by atoms with van der Waals surface area (Å²) in [5, 5.41) is 13.7. The van der Waals surface area contributed by atoms with Crippen LogP contribution in [0.3, 0.4) is 0 Å². The van der Waals surface area contributed by atoms with Gasteiger partial charge in [-0.3, -0.25) is 9.78 Å². The van der Waals surface area contributed by atoms with Crippen molar-refractivity contribution in [2.75, 3.05) is 25.1 Å². The summed E-state index contributed by atoms with van der Waals surface area (Å²) in [5.74, 6) is 0.443.